The van der Waals surface area contributed by atoms with Gasteiger partial charge in [-0.2, -0.15) is 0 Å². The fourth-order valence-electron chi connectivity index (χ4n) is 4.57. The van der Waals surface area contributed by atoms with Crippen molar-refractivity contribution in [2.24, 2.45) is 0 Å². The molecule has 1 aliphatic heterocycles. The number of amides is 2. The Kier molecular flexibility index (Phi) is 5.11. The van der Waals surface area contributed by atoms with Gasteiger partial charge in [0.2, 0.25) is 0 Å². The summed E-state index contributed by atoms with van der Waals surface area (Å²) in [6.45, 7) is 0.698. The Hall–Kier alpha value is -3.75. The molecular formula is C25H23FN4O3. The molecule has 4 aromatic rings. The molecule has 0 radical (unpaired) electrons. The van der Waals surface area contributed by atoms with Crippen LogP contribution in [0.3, 0.4) is 0 Å². The Morgan fingerprint density at radius 3 is 2.52 bits per heavy atom. The summed E-state index contributed by atoms with van der Waals surface area (Å²) in [5.41, 5.74) is 3.00. The van der Waals surface area contributed by atoms with E-state index in [1.165, 1.54) is 12.1 Å². The van der Waals surface area contributed by atoms with Crippen LogP contribution in [0.2, 0.25) is 0 Å². The Labute approximate surface area is 189 Å². The highest BCUT2D eigenvalue weighted by atomic mass is 19.1. The van der Waals surface area contributed by atoms with Crippen LogP contribution in [0.25, 0.3) is 33.0 Å². The monoisotopic (exact) mass is 446 g/mol. The maximum atomic E-state index is 14.2. The number of aliphatic hydroxyl groups excluding tert-OH is 1. The molecule has 2 aromatic carbocycles. The van der Waals surface area contributed by atoms with Crippen molar-refractivity contribution >= 4 is 44.8 Å². The average molecular weight is 446 g/mol. The standard InChI is InChI=1S/C25H23FN4O3/c1-29(2)11-15(31)12-30-13-19(17-9-14(26)7-8-21(17)30)23-22(24(32)28-25(23)33)18-10-27-20-6-4-3-5-16(18)20/h3-10,13,15,27,31H,11-12H2,1-2H3,(H,28,32,33). The van der Waals surface area contributed by atoms with Gasteiger partial charge in [-0.05, 0) is 38.4 Å². The molecule has 0 saturated heterocycles. The number of nitrogens with zero attached hydrogens (tertiary/aromatic N) is 2. The number of likely N-dealkylation sites (N-methyl/N-ethyl adjacent to an activating group) is 1. The van der Waals surface area contributed by atoms with Gasteiger partial charge >= 0.3 is 0 Å². The predicted molar refractivity (Wildman–Crippen MR) is 125 cm³/mol. The van der Waals surface area contributed by atoms with E-state index < -0.39 is 23.7 Å². The molecule has 0 spiro atoms. The molecule has 0 saturated carbocycles. The smallest absolute Gasteiger partial charge is 0.259 e. The van der Waals surface area contributed by atoms with Crippen molar-refractivity contribution in [3.05, 3.63) is 71.8 Å². The van der Waals surface area contributed by atoms with Gasteiger partial charge in [0.1, 0.15) is 5.82 Å². The summed E-state index contributed by atoms with van der Waals surface area (Å²) in [4.78, 5) is 30.9. The van der Waals surface area contributed by atoms with Crippen molar-refractivity contribution in [1.82, 2.24) is 19.8 Å². The number of hydrogen-bond donors (Lipinski definition) is 3. The van der Waals surface area contributed by atoms with E-state index in [4.69, 9.17) is 0 Å². The first-order chi connectivity index (χ1) is 15.8. The summed E-state index contributed by atoms with van der Waals surface area (Å²) in [6.07, 6.45) is 2.75. The van der Waals surface area contributed by atoms with Crippen LogP contribution >= 0.6 is 0 Å². The molecule has 0 bridgehead atoms. The molecule has 2 aromatic heterocycles. The van der Waals surface area contributed by atoms with E-state index in [-0.39, 0.29) is 17.7 Å². The lowest BCUT2D eigenvalue weighted by molar-refractivity contribution is -0.122. The summed E-state index contributed by atoms with van der Waals surface area (Å²) >= 11 is 0. The lowest BCUT2D eigenvalue weighted by Crippen LogP contribution is -2.29. The maximum Gasteiger partial charge on any atom is 0.259 e. The number of aliphatic hydroxyl groups is 1. The van der Waals surface area contributed by atoms with E-state index in [0.717, 1.165) is 10.9 Å². The Morgan fingerprint density at radius 1 is 1.03 bits per heavy atom. The topological polar surface area (TPSA) is 90.4 Å². The molecule has 1 atom stereocenters. The number of halogens is 1. The second-order valence-electron chi connectivity index (χ2n) is 8.55. The van der Waals surface area contributed by atoms with Crippen molar-refractivity contribution in [1.29, 1.82) is 0 Å². The van der Waals surface area contributed by atoms with E-state index in [2.05, 4.69) is 10.3 Å². The number of nitrogens with one attached hydrogen (secondary N) is 2. The number of rotatable bonds is 6. The number of imide groups is 1. The molecule has 3 N–H and O–H groups in total. The number of fused-ring (bicyclic) bond motifs is 2. The molecule has 8 heteroatoms. The van der Waals surface area contributed by atoms with Gasteiger partial charge in [-0.1, -0.05) is 18.2 Å². The van der Waals surface area contributed by atoms with E-state index in [1.807, 2.05) is 43.3 Å². The van der Waals surface area contributed by atoms with E-state index >= 15 is 0 Å². The third kappa shape index (κ3) is 3.63. The molecule has 168 valence electrons. The van der Waals surface area contributed by atoms with Crippen LogP contribution < -0.4 is 5.32 Å². The van der Waals surface area contributed by atoms with Crippen LogP contribution in [0, 0.1) is 5.82 Å². The highest BCUT2D eigenvalue weighted by molar-refractivity contribution is 6.50. The molecule has 7 nitrogen and oxygen atoms in total. The minimum Gasteiger partial charge on any atom is -0.390 e. The number of aromatic nitrogens is 2. The van der Waals surface area contributed by atoms with Gasteiger partial charge in [0, 0.05) is 58.4 Å². The van der Waals surface area contributed by atoms with Crippen LogP contribution in [-0.2, 0) is 16.1 Å². The van der Waals surface area contributed by atoms with Gasteiger partial charge in [-0.3, -0.25) is 14.9 Å². The Morgan fingerprint density at radius 2 is 1.76 bits per heavy atom. The number of H-pyrrole nitrogens is 1. The summed E-state index contributed by atoms with van der Waals surface area (Å²) in [7, 11) is 3.73. The Bertz CT molecular complexity index is 1450. The summed E-state index contributed by atoms with van der Waals surface area (Å²) in [5.74, 6) is -1.48. The SMILES string of the molecule is CN(C)CC(O)Cn1cc(C2=C(c3c[nH]c4ccccc34)C(=O)NC2=O)c2cc(F)ccc21. The predicted octanol–water partition coefficient (Wildman–Crippen LogP) is 2.75. The minimum absolute atomic E-state index is 0.196. The molecule has 1 aliphatic rings. The van der Waals surface area contributed by atoms with Gasteiger partial charge in [0.15, 0.2) is 0 Å². The number of carbonyl (C=O) groups excluding carboxylic acids is 2. The van der Waals surface area contributed by atoms with Crippen molar-refractivity contribution < 1.29 is 19.1 Å². The summed E-state index contributed by atoms with van der Waals surface area (Å²) < 4.78 is 16.0. The average Bonchev–Trinajstić information content (AvgIpc) is 3.40. The first-order valence-electron chi connectivity index (χ1n) is 10.6. The second kappa shape index (κ2) is 7.99. The first-order valence-corrected chi connectivity index (χ1v) is 10.6. The zero-order valence-electron chi connectivity index (χ0n) is 18.2. The van der Waals surface area contributed by atoms with E-state index in [9.17, 15) is 19.1 Å². The lowest BCUT2D eigenvalue weighted by Gasteiger charge is -2.17. The number of hydrogen-bond acceptors (Lipinski definition) is 4. The van der Waals surface area contributed by atoms with Crippen LogP contribution in [0.1, 0.15) is 11.1 Å². The molecule has 33 heavy (non-hydrogen) atoms. The molecular weight excluding hydrogens is 423 g/mol. The number of benzene rings is 2. The quantitative estimate of drug-likeness (QED) is 0.397. The minimum atomic E-state index is -0.672. The molecule has 2 amide bonds. The highest BCUT2D eigenvalue weighted by Crippen LogP contribution is 2.38. The highest BCUT2D eigenvalue weighted by Gasteiger charge is 2.35. The molecule has 1 unspecified atom stereocenters. The fourth-order valence-corrected chi connectivity index (χ4v) is 4.57. The van der Waals surface area contributed by atoms with Gasteiger partial charge in [0.25, 0.3) is 11.8 Å². The van der Waals surface area contributed by atoms with E-state index in [1.54, 1.807) is 23.0 Å². The van der Waals surface area contributed by atoms with Gasteiger partial charge in [0.05, 0.1) is 17.3 Å². The second-order valence-corrected chi connectivity index (χ2v) is 8.55. The van der Waals surface area contributed by atoms with Gasteiger partial charge in [-0.15, -0.1) is 0 Å². The number of aromatic amines is 1. The van der Waals surface area contributed by atoms with Crippen LogP contribution in [0.5, 0.6) is 0 Å². The third-order valence-electron chi connectivity index (χ3n) is 5.89. The van der Waals surface area contributed by atoms with Gasteiger partial charge < -0.3 is 19.6 Å². The molecule has 0 aliphatic carbocycles. The lowest BCUT2D eigenvalue weighted by atomic mass is 9.95. The van der Waals surface area contributed by atoms with Crippen LogP contribution in [0.4, 0.5) is 4.39 Å². The number of carbonyl (C=O) groups is 2. The fraction of sp³-hybridized carbons (Fsp3) is 0.200. The van der Waals surface area contributed by atoms with Crippen LogP contribution in [-0.4, -0.2) is 58.1 Å². The summed E-state index contributed by atoms with van der Waals surface area (Å²) in [6, 6.07) is 11.8. The van der Waals surface area contributed by atoms with Gasteiger partial charge in [-0.25, -0.2) is 4.39 Å². The van der Waals surface area contributed by atoms with E-state index in [0.29, 0.717) is 28.6 Å². The van der Waals surface area contributed by atoms with Crippen molar-refractivity contribution in [3.63, 3.8) is 0 Å². The normalized spacial score (nSPS) is 15.3. The van der Waals surface area contributed by atoms with Crippen LogP contribution in [0.15, 0.2) is 54.9 Å². The van der Waals surface area contributed by atoms with Crippen molar-refractivity contribution in [2.45, 2.75) is 12.6 Å². The molecule has 3 heterocycles. The molecule has 5 rings (SSSR count). The maximum absolute atomic E-state index is 14.2. The largest absolute Gasteiger partial charge is 0.390 e. The zero-order chi connectivity index (χ0) is 23.3. The molecule has 0 fully saturated rings. The zero-order valence-corrected chi connectivity index (χ0v) is 18.2. The third-order valence-corrected chi connectivity index (χ3v) is 5.89. The van der Waals surface area contributed by atoms with Crippen molar-refractivity contribution in [2.75, 3.05) is 20.6 Å². The summed E-state index contributed by atoms with van der Waals surface area (Å²) in [5, 5.41) is 14.2. The number of para-hydroxylation sites is 1. The van der Waals surface area contributed by atoms with Crippen molar-refractivity contribution in [3.8, 4) is 0 Å². The first kappa shape index (κ1) is 21.1. The Balaban J connectivity index is 1.73.